The Morgan fingerprint density at radius 3 is 2.64 bits per heavy atom. The minimum Gasteiger partial charge on any atom is -0.494 e. The first-order valence-corrected chi connectivity index (χ1v) is 9.39. The summed E-state index contributed by atoms with van der Waals surface area (Å²) >= 11 is 12.1. The van der Waals surface area contributed by atoms with E-state index in [-0.39, 0.29) is 12.3 Å². The summed E-state index contributed by atoms with van der Waals surface area (Å²) in [6.07, 6.45) is 1.65. The maximum atomic E-state index is 12.0. The van der Waals surface area contributed by atoms with Gasteiger partial charge in [-0.25, -0.2) is 5.43 Å². The molecule has 28 heavy (non-hydrogen) atoms. The van der Waals surface area contributed by atoms with Crippen LogP contribution in [0.1, 0.15) is 18.2 Å². The minimum atomic E-state index is -0.229. The molecule has 5 nitrogen and oxygen atoms in total. The monoisotopic (exact) mass is 416 g/mol. The third-order valence-corrected chi connectivity index (χ3v) is 4.35. The number of hydrogen-bond donors (Lipinski definition) is 1. The number of ether oxygens (including phenoxy) is 1. The average Bonchev–Trinajstić information content (AvgIpc) is 3.12. The van der Waals surface area contributed by atoms with E-state index in [1.165, 1.54) is 6.21 Å². The summed E-state index contributed by atoms with van der Waals surface area (Å²) in [5.74, 6) is 1.62. The smallest absolute Gasteiger partial charge is 0.244 e. The van der Waals surface area contributed by atoms with Gasteiger partial charge in [0.25, 0.3) is 0 Å². The van der Waals surface area contributed by atoms with Crippen molar-refractivity contribution in [2.24, 2.45) is 5.10 Å². The summed E-state index contributed by atoms with van der Waals surface area (Å²) in [4.78, 5) is 12.0. The summed E-state index contributed by atoms with van der Waals surface area (Å²) < 4.78 is 11.1. The molecule has 0 spiro atoms. The van der Waals surface area contributed by atoms with Crippen molar-refractivity contribution < 1.29 is 13.9 Å². The lowest BCUT2D eigenvalue weighted by atomic mass is 10.1. The molecule has 0 saturated heterocycles. The van der Waals surface area contributed by atoms with E-state index < -0.39 is 0 Å². The molecule has 0 atom stereocenters. The Hall–Kier alpha value is -2.76. The Labute approximate surface area is 172 Å². The van der Waals surface area contributed by atoms with E-state index >= 15 is 0 Å². The van der Waals surface area contributed by atoms with Crippen LogP contribution >= 0.6 is 23.2 Å². The van der Waals surface area contributed by atoms with E-state index in [9.17, 15) is 4.79 Å². The van der Waals surface area contributed by atoms with Crippen LogP contribution in [-0.4, -0.2) is 18.7 Å². The van der Waals surface area contributed by atoms with Crippen molar-refractivity contribution in [3.8, 4) is 17.1 Å². The van der Waals surface area contributed by atoms with Crippen LogP contribution in [-0.2, 0) is 11.2 Å². The largest absolute Gasteiger partial charge is 0.494 e. The molecule has 3 aromatic rings. The Balaban J connectivity index is 1.56. The van der Waals surface area contributed by atoms with Gasteiger partial charge in [-0.05, 0) is 55.0 Å². The van der Waals surface area contributed by atoms with E-state index in [1.807, 2.05) is 31.2 Å². The Morgan fingerprint density at radius 1 is 1.14 bits per heavy atom. The maximum absolute atomic E-state index is 12.0. The molecule has 0 bridgehead atoms. The fourth-order valence-electron chi connectivity index (χ4n) is 2.52. The zero-order chi connectivity index (χ0) is 19.9. The van der Waals surface area contributed by atoms with Gasteiger partial charge >= 0.3 is 0 Å². The lowest BCUT2D eigenvalue weighted by Gasteiger charge is -2.04. The summed E-state index contributed by atoms with van der Waals surface area (Å²) in [5, 5.41) is 4.98. The molecule has 0 aliphatic heterocycles. The van der Waals surface area contributed by atoms with Crippen molar-refractivity contribution in [2.75, 3.05) is 6.61 Å². The maximum Gasteiger partial charge on any atom is 0.244 e. The van der Waals surface area contributed by atoms with Gasteiger partial charge < -0.3 is 9.15 Å². The molecular weight excluding hydrogens is 399 g/mol. The molecule has 1 aromatic heterocycles. The van der Waals surface area contributed by atoms with Gasteiger partial charge in [0.15, 0.2) is 0 Å². The van der Waals surface area contributed by atoms with Gasteiger partial charge in [0.05, 0.1) is 24.3 Å². The van der Waals surface area contributed by atoms with E-state index in [2.05, 4.69) is 10.5 Å². The Morgan fingerprint density at radius 2 is 1.93 bits per heavy atom. The molecule has 3 rings (SSSR count). The van der Waals surface area contributed by atoms with Gasteiger partial charge in [-0.2, -0.15) is 5.10 Å². The fraction of sp³-hybridized carbons (Fsp3) is 0.143. The summed E-state index contributed by atoms with van der Waals surface area (Å²) in [6.45, 7) is 2.53. The highest BCUT2D eigenvalue weighted by Gasteiger charge is 2.09. The number of hydrazone groups is 1. The van der Waals surface area contributed by atoms with Crippen LogP contribution in [0.15, 0.2) is 64.1 Å². The number of nitrogens with zero attached hydrogens (tertiary/aromatic N) is 1. The van der Waals surface area contributed by atoms with Crippen molar-refractivity contribution >= 4 is 35.3 Å². The highest BCUT2D eigenvalue weighted by molar-refractivity contribution is 6.36. The van der Waals surface area contributed by atoms with Gasteiger partial charge in [0, 0.05) is 10.6 Å². The quantitative estimate of drug-likeness (QED) is 0.417. The number of amides is 1. The number of furan rings is 1. The number of benzene rings is 2. The van der Waals surface area contributed by atoms with Gasteiger partial charge in [-0.3, -0.25) is 4.79 Å². The first kappa shape index (κ1) is 20.0. The van der Waals surface area contributed by atoms with E-state index in [1.54, 1.807) is 30.3 Å². The standard InChI is InChI=1S/C21H18Cl2N2O3/c1-2-27-16-6-3-14(4-7-16)11-21(26)25-24-13-17-8-10-20(28-17)18-9-5-15(22)12-19(18)23/h3-10,12-13H,2,11H2,1H3,(H,25,26)/b24-13-. The summed E-state index contributed by atoms with van der Waals surface area (Å²) in [5.41, 5.74) is 4.08. The number of nitrogens with one attached hydrogen (secondary N) is 1. The first-order valence-electron chi connectivity index (χ1n) is 8.64. The third-order valence-electron chi connectivity index (χ3n) is 3.80. The molecule has 0 radical (unpaired) electrons. The van der Waals surface area contributed by atoms with Crippen LogP contribution in [0.5, 0.6) is 5.75 Å². The second kappa shape index (κ2) is 9.44. The summed E-state index contributed by atoms with van der Waals surface area (Å²) in [6, 6.07) is 16.1. The van der Waals surface area contributed by atoms with Gasteiger partial charge in [0.2, 0.25) is 5.91 Å². The molecule has 1 heterocycles. The van der Waals surface area contributed by atoms with E-state index in [0.717, 1.165) is 16.9 Å². The topological polar surface area (TPSA) is 63.8 Å². The number of carbonyl (C=O) groups is 1. The Bertz CT molecular complexity index is 982. The van der Waals surface area contributed by atoms with E-state index in [0.29, 0.717) is 28.2 Å². The van der Waals surface area contributed by atoms with Crippen LogP contribution in [0, 0.1) is 0 Å². The van der Waals surface area contributed by atoms with Crippen LogP contribution in [0.2, 0.25) is 10.0 Å². The zero-order valence-corrected chi connectivity index (χ0v) is 16.6. The molecule has 1 N–H and O–H groups in total. The van der Waals surface area contributed by atoms with Gasteiger partial charge in [0.1, 0.15) is 17.3 Å². The lowest BCUT2D eigenvalue weighted by Crippen LogP contribution is -2.19. The minimum absolute atomic E-state index is 0.216. The average molecular weight is 417 g/mol. The molecule has 0 aliphatic rings. The van der Waals surface area contributed by atoms with Crippen LogP contribution in [0.25, 0.3) is 11.3 Å². The Kier molecular flexibility index (Phi) is 6.74. The molecule has 144 valence electrons. The number of carbonyl (C=O) groups excluding carboxylic acids is 1. The second-order valence-corrected chi connectivity index (χ2v) is 6.72. The number of hydrogen-bond acceptors (Lipinski definition) is 4. The molecular formula is C21H18Cl2N2O3. The molecule has 1 amide bonds. The normalized spacial score (nSPS) is 11.0. The van der Waals surface area contributed by atoms with Crippen LogP contribution < -0.4 is 10.2 Å². The first-order chi connectivity index (χ1) is 13.5. The third kappa shape index (κ3) is 5.38. The molecule has 0 saturated carbocycles. The van der Waals surface area contributed by atoms with Crippen molar-refractivity contribution in [3.05, 3.63) is 76.0 Å². The van der Waals surface area contributed by atoms with Crippen molar-refractivity contribution in [1.29, 1.82) is 0 Å². The van der Waals surface area contributed by atoms with Crippen molar-refractivity contribution in [2.45, 2.75) is 13.3 Å². The van der Waals surface area contributed by atoms with Crippen molar-refractivity contribution in [3.63, 3.8) is 0 Å². The summed E-state index contributed by atoms with van der Waals surface area (Å²) in [7, 11) is 0. The van der Waals surface area contributed by atoms with Gasteiger partial charge in [-0.1, -0.05) is 35.3 Å². The fourth-order valence-corrected chi connectivity index (χ4v) is 3.02. The molecule has 2 aromatic carbocycles. The zero-order valence-electron chi connectivity index (χ0n) is 15.1. The highest BCUT2D eigenvalue weighted by Crippen LogP contribution is 2.31. The number of halogens is 2. The van der Waals surface area contributed by atoms with E-state index in [4.69, 9.17) is 32.4 Å². The molecule has 0 fully saturated rings. The number of rotatable bonds is 7. The predicted octanol–water partition coefficient (Wildman–Crippen LogP) is 5.34. The van der Waals surface area contributed by atoms with Crippen LogP contribution in [0.4, 0.5) is 0 Å². The SMILES string of the molecule is CCOc1ccc(CC(=O)N/N=C\c2ccc(-c3ccc(Cl)cc3Cl)o2)cc1. The second-order valence-electron chi connectivity index (χ2n) is 5.87. The lowest BCUT2D eigenvalue weighted by molar-refractivity contribution is -0.120. The molecule has 7 heteroatoms. The van der Waals surface area contributed by atoms with Gasteiger partial charge in [-0.15, -0.1) is 0 Å². The van der Waals surface area contributed by atoms with Crippen LogP contribution in [0.3, 0.4) is 0 Å². The van der Waals surface area contributed by atoms with Crippen molar-refractivity contribution in [1.82, 2.24) is 5.43 Å². The highest BCUT2D eigenvalue weighted by atomic mass is 35.5. The predicted molar refractivity (Wildman–Crippen MR) is 111 cm³/mol. The molecule has 0 unspecified atom stereocenters. The molecule has 0 aliphatic carbocycles.